The van der Waals surface area contributed by atoms with Crippen molar-refractivity contribution in [1.82, 2.24) is 4.90 Å². The molecule has 90 valence electrons. The molecule has 0 spiro atoms. The molecule has 0 heterocycles. The highest BCUT2D eigenvalue weighted by atomic mass is 35.5. The summed E-state index contributed by atoms with van der Waals surface area (Å²) < 4.78 is 13.5. The van der Waals surface area contributed by atoms with Gasteiger partial charge in [-0.1, -0.05) is 18.2 Å². The van der Waals surface area contributed by atoms with Crippen LogP contribution in [0.25, 0.3) is 0 Å². The first-order valence-corrected chi connectivity index (χ1v) is 6.22. The van der Waals surface area contributed by atoms with Crippen molar-refractivity contribution in [3.63, 3.8) is 0 Å². The molecule has 0 unspecified atom stereocenters. The maximum atomic E-state index is 13.5. The van der Waals surface area contributed by atoms with Crippen LogP contribution >= 0.6 is 11.6 Å². The molecule has 1 nitrogen and oxygen atoms in total. The molecule has 0 fully saturated rings. The largest absolute Gasteiger partial charge is 0.297 e. The molecule has 0 N–H and O–H groups in total. The van der Waals surface area contributed by atoms with Crippen LogP contribution in [0.4, 0.5) is 4.39 Å². The average Bonchev–Trinajstić information content (AvgIpc) is 2.26. The third kappa shape index (κ3) is 4.11. The van der Waals surface area contributed by atoms with E-state index >= 15 is 0 Å². The predicted molar refractivity (Wildman–Crippen MR) is 67.3 cm³/mol. The second-order valence-corrected chi connectivity index (χ2v) is 4.58. The SMILES string of the molecule is CC(C)N(CCCCl)Cc1ccccc1F. The van der Waals surface area contributed by atoms with E-state index < -0.39 is 0 Å². The summed E-state index contributed by atoms with van der Waals surface area (Å²) >= 11 is 5.68. The Hall–Kier alpha value is -0.600. The lowest BCUT2D eigenvalue weighted by Crippen LogP contribution is -2.31. The zero-order valence-corrected chi connectivity index (χ0v) is 10.7. The molecule has 0 saturated carbocycles. The van der Waals surface area contributed by atoms with Gasteiger partial charge < -0.3 is 0 Å². The summed E-state index contributed by atoms with van der Waals surface area (Å²) in [5.74, 6) is 0.527. The van der Waals surface area contributed by atoms with Crippen LogP contribution in [0.15, 0.2) is 24.3 Å². The van der Waals surface area contributed by atoms with Crippen molar-refractivity contribution in [1.29, 1.82) is 0 Å². The lowest BCUT2D eigenvalue weighted by Gasteiger charge is -2.26. The Balaban J connectivity index is 2.64. The molecule has 16 heavy (non-hydrogen) atoms. The molecule has 3 heteroatoms. The lowest BCUT2D eigenvalue weighted by atomic mass is 10.1. The summed E-state index contributed by atoms with van der Waals surface area (Å²) in [5.41, 5.74) is 0.755. The van der Waals surface area contributed by atoms with E-state index in [9.17, 15) is 4.39 Å². The highest BCUT2D eigenvalue weighted by Crippen LogP contribution is 2.12. The number of nitrogens with zero attached hydrogens (tertiary/aromatic N) is 1. The molecule has 0 aromatic heterocycles. The summed E-state index contributed by atoms with van der Waals surface area (Å²) in [6, 6.07) is 7.35. The minimum Gasteiger partial charge on any atom is -0.297 e. The fraction of sp³-hybridized carbons (Fsp3) is 0.538. The molecule has 0 aliphatic carbocycles. The number of benzene rings is 1. The molecule has 0 aliphatic rings. The van der Waals surface area contributed by atoms with E-state index in [0.717, 1.165) is 18.5 Å². The van der Waals surface area contributed by atoms with Crippen LogP contribution in [0.2, 0.25) is 0 Å². The minimum atomic E-state index is -0.126. The quantitative estimate of drug-likeness (QED) is 0.690. The second kappa shape index (κ2) is 6.87. The Bertz CT molecular complexity index is 315. The van der Waals surface area contributed by atoms with Gasteiger partial charge in [0.05, 0.1) is 0 Å². The predicted octanol–water partition coefficient (Wildman–Crippen LogP) is 3.67. The van der Waals surface area contributed by atoms with Gasteiger partial charge in [0.1, 0.15) is 5.82 Å². The normalized spacial score (nSPS) is 11.4. The summed E-state index contributed by atoms with van der Waals surface area (Å²) in [6.07, 6.45) is 0.939. The summed E-state index contributed by atoms with van der Waals surface area (Å²) in [4.78, 5) is 2.24. The van der Waals surface area contributed by atoms with Gasteiger partial charge in [0, 0.05) is 24.0 Å². The maximum absolute atomic E-state index is 13.5. The van der Waals surface area contributed by atoms with E-state index in [4.69, 9.17) is 11.6 Å². The first-order valence-electron chi connectivity index (χ1n) is 5.68. The zero-order valence-electron chi connectivity index (χ0n) is 9.92. The number of rotatable bonds is 6. The number of halogens is 2. The van der Waals surface area contributed by atoms with Crippen LogP contribution in [-0.2, 0) is 6.54 Å². The van der Waals surface area contributed by atoms with Crippen LogP contribution in [0, 0.1) is 5.82 Å². The van der Waals surface area contributed by atoms with Crippen LogP contribution in [0.5, 0.6) is 0 Å². The summed E-state index contributed by atoms with van der Waals surface area (Å²) in [5, 5.41) is 0. The van der Waals surface area contributed by atoms with E-state index in [0.29, 0.717) is 18.5 Å². The average molecular weight is 244 g/mol. The van der Waals surface area contributed by atoms with Crippen molar-refractivity contribution < 1.29 is 4.39 Å². The lowest BCUT2D eigenvalue weighted by molar-refractivity contribution is 0.211. The summed E-state index contributed by atoms with van der Waals surface area (Å²) in [6.45, 7) is 5.81. The first-order chi connectivity index (χ1) is 7.65. The number of hydrogen-bond donors (Lipinski definition) is 0. The van der Waals surface area contributed by atoms with E-state index in [1.54, 1.807) is 6.07 Å². The fourth-order valence-corrected chi connectivity index (χ4v) is 1.75. The molecule has 1 rings (SSSR count). The molecule has 0 bridgehead atoms. The van der Waals surface area contributed by atoms with Gasteiger partial charge in [-0.25, -0.2) is 4.39 Å². The van der Waals surface area contributed by atoms with Crippen LogP contribution in [0.3, 0.4) is 0 Å². The Morgan fingerprint density at radius 1 is 1.31 bits per heavy atom. The Kier molecular flexibility index (Phi) is 5.78. The molecule has 0 aliphatic heterocycles. The minimum absolute atomic E-state index is 0.126. The topological polar surface area (TPSA) is 3.24 Å². The Labute approximate surface area is 102 Å². The van der Waals surface area contributed by atoms with Crippen molar-refractivity contribution in [3.8, 4) is 0 Å². The van der Waals surface area contributed by atoms with Gasteiger partial charge in [-0.15, -0.1) is 11.6 Å². The summed E-state index contributed by atoms with van der Waals surface area (Å²) in [7, 11) is 0. The van der Waals surface area contributed by atoms with Gasteiger partial charge in [0.2, 0.25) is 0 Å². The van der Waals surface area contributed by atoms with Gasteiger partial charge in [0.15, 0.2) is 0 Å². The van der Waals surface area contributed by atoms with Gasteiger partial charge in [0.25, 0.3) is 0 Å². The molecular formula is C13H19ClFN. The van der Waals surface area contributed by atoms with Gasteiger partial charge in [-0.2, -0.15) is 0 Å². The van der Waals surface area contributed by atoms with Crippen molar-refractivity contribution in [2.45, 2.75) is 32.9 Å². The smallest absolute Gasteiger partial charge is 0.127 e. The monoisotopic (exact) mass is 243 g/mol. The maximum Gasteiger partial charge on any atom is 0.127 e. The van der Waals surface area contributed by atoms with Gasteiger partial charge in [-0.3, -0.25) is 4.90 Å². The van der Waals surface area contributed by atoms with Crippen LogP contribution in [-0.4, -0.2) is 23.4 Å². The van der Waals surface area contributed by atoms with Gasteiger partial charge >= 0.3 is 0 Å². The number of hydrogen-bond acceptors (Lipinski definition) is 1. The molecular weight excluding hydrogens is 225 g/mol. The van der Waals surface area contributed by atoms with E-state index in [-0.39, 0.29) is 5.82 Å². The molecule has 0 saturated heterocycles. The standard InChI is InChI=1S/C13H19ClFN/c1-11(2)16(9-5-8-14)10-12-6-3-4-7-13(12)15/h3-4,6-7,11H,5,8-10H2,1-2H3. The van der Waals surface area contributed by atoms with Crippen molar-refractivity contribution in [2.75, 3.05) is 12.4 Å². The molecule has 1 aromatic rings. The Morgan fingerprint density at radius 2 is 2.00 bits per heavy atom. The van der Waals surface area contributed by atoms with E-state index in [1.807, 2.05) is 12.1 Å². The zero-order chi connectivity index (χ0) is 12.0. The van der Waals surface area contributed by atoms with Crippen molar-refractivity contribution >= 4 is 11.6 Å². The molecule has 0 amide bonds. The Morgan fingerprint density at radius 3 is 2.56 bits per heavy atom. The van der Waals surface area contributed by atoms with Crippen molar-refractivity contribution in [2.24, 2.45) is 0 Å². The molecule has 1 aromatic carbocycles. The van der Waals surface area contributed by atoms with Crippen LogP contribution in [0.1, 0.15) is 25.8 Å². The second-order valence-electron chi connectivity index (χ2n) is 4.20. The van der Waals surface area contributed by atoms with Gasteiger partial charge in [-0.05, 0) is 32.9 Å². The molecule has 0 radical (unpaired) electrons. The third-order valence-corrected chi connectivity index (χ3v) is 2.91. The fourth-order valence-electron chi connectivity index (χ4n) is 1.63. The highest BCUT2D eigenvalue weighted by molar-refractivity contribution is 6.17. The van der Waals surface area contributed by atoms with Crippen LogP contribution < -0.4 is 0 Å². The molecule has 0 atom stereocenters. The highest BCUT2D eigenvalue weighted by Gasteiger charge is 2.11. The van der Waals surface area contributed by atoms with E-state index in [2.05, 4.69) is 18.7 Å². The van der Waals surface area contributed by atoms with Crippen molar-refractivity contribution in [3.05, 3.63) is 35.6 Å². The number of alkyl halides is 1. The third-order valence-electron chi connectivity index (χ3n) is 2.64. The van der Waals surface area contributed by atoms with E-state index in [1.165, 1.54) is 6.07 Å². The first kappa shape index (κ1) is 13.5.